The normalized spacial score (nSPS) is 22.5. The van der Waals surface area contributed by atoms with Gasteiger partial charge in [-0.05, 0) is 44.1 Å². The predicted octanol–water partition coefficient (Wildman–Crippen LogP) is 3.20. The van der Waals surface area contributed by atoms with E-state index < -0.39 is 0 Å². The zero-order chi connectivity index (χ0) is 14.4. The Labute approximate surface area is 125 Å². The molecular formula is C16H24N2OS. The fraction of sp³-hybridized carbons (Fsp3) is 0.562. The van der Waals surface area contributed by atoms with Crippen LogP contribution in [-0.2, 0) is 4.79 Å². The van der Waals surface area contributed by atoms with E-state index in [1.165, 1.54) is 25.7 Å². The number of thioether (sulfide) groups is 1. The molecule has 1 aliphatic rings. The van der Waals surface area contributed by atoms with Gasteiger partial charge in [0.2, 0.25) is 5.91 Å². The van der Waals surface area contributed by atoms with Crippen LogP contribution < -0.4 is 10.6 Å². The number of nitrogens with one attached hydrogen (secondary N) is 2. The average molecular weight is 292 g/mol. The molecule has 1 fully saturated rings. The van der Waals surface area contributed by atoms with E-state index in [-0.39, 0.29) is 5.91 Å². The molecule has 3 nitrogen and oxygen atoms in total. The minimum Gasteiger partial charge on any atom is -0.325 e. The summed E-state index contributed by atoms with van der Waals surface area (Å²) in [6, 6.07) is 8.36. The molecule has 0 aromatic heterocycles. The zero-order valence-electron chi connectivity index (χ0n) is 12.3. The molecule has 110 valence electrons. The van der Waals surface area contributed by atoms with Gasteiger partial charge in [0, 0.05) is 17.0 Å². The number of aryl methyl sites for hydroxylation is 1. The Hall–Kier alpha value is -1.00. The molecule has 1 aromatic carbocycles. The van der Waals surface area contributed by atoms with E-state index in [0.29, 0.717) is 12.6 Å². The van der Waals surface area contributed by atoms with Crippen molar-refractivity contribution in [3.05, 3.63) is 29.8 Å². The van der Waals surface area contributed by atoms with E-state index in [2.05, 4.69) is 16.9 Å². The van der Waals surface area contributed by atoms with Crippen LogP contribution in [0.1, 0.15) is 31.2 Å². The van der Waals surface area contributed by atoms with Crippen LogP contribution in [0.25, 0.3) is 0 Å². The van der Waals surface area contributed by atoms with Crippen LogP contribution >= 0.6 is 11.8 Å². The fourth-order valence-electron chi connectivity index (χ4n) is 2.69. The topological polar surface area (TPSA) is 41.1 Å². The van der Waals surface area contributed by atoms with Gasteiger partial charge < -0.3 is 10.6 Å². The smallest absolute Gasteiger partial charge is 0.238 e. The van der Waals surface area contributed by atoms with Crippen LogP contribution in [0.5, 0.6) is 0 Å². The van der Waals surface area contributed by atoms with Gasteiger partial charge in [-0.25, -0.2) is 0 Å². The predicted molar refractivity (Wildman–Crippen MR) is 87.4 cm³/mol. The summed E-state index contributed by atoms with van der Waals surface area (Å²) >= 11 is 1.95. The Balaban J connectivity index is 1.76. The Kier molecular flexibility index (Phi) is 5.92. The molecule has 0 spiro atoms. The lowest BCUT2D eigenvalue weighted by atomic mass is 9.95. The first-order chi connectivity index (χ1) is 9.69. The second-order valence-electron chi connectivity index (χ2n) is 5.47. The highest BCUT2D eigenvalue weighted by Gasteiger charge is 2.21. The van der Waals surface area contributed by atoms with Gasteiger partial charge in [0.25, 0.3) is 0 Å². The van der Waals surface area contributed by atoms with E-state index in [9.17, 15) is 4.79 Å². The fourth-order valence-corrected chi connectivity index (χ4v) is 3.52. The Morgan fingerprint density at radius 2 is 2.15 bits per heavy atom. The third-order valence-corrected chi connectivity index (χ3v) is 5.02. The molecule has 0 saturated heterocycles. The van der Waals surface area contributed by atoms with Crippen molar-refractivity contribution in [3.8, 4) is 0 Å². The number of carbonyl (C=O) groups is 1. The number of hydrogen-bond donors (Lipinski definition) is 2. The van der Waals surface area contributed by atoms with Gasteiger partial charge in [-0.1, -0.05) is 24.6 Å². The van der Waals surface area contributed by atoms with Crippen LogP contribution in [0.15, 0.2) is 24.3 Å². The average Bonchev–Trinajstić information content (AvgIpc) is 2.48. The van der Waals surface area contributed by atoms with Gasteiger partial charge in [-0.2, -0.15) is 11.8 Å². The van der Waals surface area contributed by atoms with Crippen molar-refractivity contribution in [2.75, 3.05) is 18.1 Å². The number of anilines is 1. The lowest BCUT2D eigenvalue weighted by Gasteiger charge is -2.28. The second kappa shape index (κ2) is 7.70. The molecule has 1 amide bonds. The van der Waals surface area contributed by atoms with E-state index in [1.54, 1.807) is 0 Å². The summed E-state index contributed by atoms with van der Waals surface area (Å²) in [6.45, 7) is 2.41. The third kappa shape index (κ3) is 4.53. The molecule has 4 heteroatoms. The van der Waals surface area contributed by atoms with Crippen molar-refractivity contribution in [1.82, 2.24) is 5.32 Å². The van der Waals surface area contributed by atoms with Crippen molar-refractivity contribution in [1.29, 1.82) is 0 Å². The first-order valence-electron chi connectivity index (χ1n) is 7.30. The molecule has 2 unspecified atom stereocenters. The van der Waals surface area contributed by atoms with E-state index in [4.69, 9.17) is 0 Å². The first-order valence-corrected chi connectivity index (χ1v) is 8.59. The Morgan fingerprint density at radius 1 is 1.35 bits per heavy atom. The van der Waals surface area contributed by atoms with E-state index in [1.807, 2.05) is 43.0 Å². The summed E-state index contributed by atoms with van der Waals surface area (Å²) in [5.74, 6) is 0.0468. The molecule has 0 aliphatic heterocycles. The van der Waals surface area contributed by atoms with Crippen LogP contribution in [0.3, 0.4) is 0 Å². The maximum absolute atomic E-state index is 12.0. The first kappa shape index (κ1) is 15.4. The number of hydrogen-bond acceptors (Lipinski definition) is 3. The second-order valence-corrected chi connectivity index (χ2v) is 6.60. The molecule has 0 radical (unpaired) electrons. The minimum atomic E-state index is 0.0468. The molecule has 2 rings (SSSR count). The van der Waals surface area contributed by atoms with Crippen LogP contribution in [0.2, 0.25) is 0 Å². The van der Waals surface area contributed by atoms with Crippen LogP contribution in [0.4, 0.5) is 5.69 Å². The SMILES string of the molecule is CSC1CCCC(NCC(=O)Nc2ccccc2C)C1. The summed E-state index contributed by atoms with van der Waals surface area (Å²) in [6.07, 6.45) is 7.13. The molecular weight excluding hydrogens is 268 g/mol. The van der Waals surface area contributed by atoms with Gasteiger partial charge in [0.1, 0.15) is 0 Å². The summed E-state index contributed by atoms with van der Waals surface area (Å²) < 4.78 is 0. The molecule has 0 bridgehead atoms. The van der Waals surface area contributed by atoms with Gasteiger partial charge >= 0.3 is 0 Å². The largest absolute Gasteiger partial charge is 0.325 e. The Morgan fingerprint density at radius 3 is 2.90 bits per heavy atom. The van der Waals surface area contributed by atoms with Gasteiger partial charge in [-0.3, -0.25) is 4.79 Å². The van der Waals surface area contributed by atoms with Gasteiger partial charge in [0.15, 0.2) is 0 Å². The quantitative estimate of drug-likeness (QED) is 0.875. The zero-order valence-corrected chi connectivity index (χ0v) is 13.1. The molecule has 1 aliphatic carbocycles. The highest BCUT2D eigenvalue weighted by atomic mass is 32.2. The molecule has 20 heavy (non-hydrogen) atoms. The maximum atomic E-state index is 12.0. The molecule has 0 heterocycles. The standard InChI is InChI=1S/C16H24N2OS/c1-12-6-3-4-9-15(12)18-16(19)11-17-13-7-5-8-14(10-13)20-2/h3-4,6,9,13-14,17H,5,7-8,10-11H2,1-2H3,(H,18,19). The van der Waals surface area contributed by atoms with Gasteiger partial charge in [0.05, 0.1) is 6.54 Å². The van der Waals surface area contributed by atoms with E-state index in [0.717, 1.165) is 16.5 Å². The maximum Gasteiger partial charge on any atom is 0.238 e. The number of carbonyl (C=O) groups excluding carboxylic acids is 1. The number of para-hydroxylation sites is 1. The number of rotatable bonds is 5. The van der Waals surface area contributed by atoms with Gasteiger partial charge in [-0.15, -0.1) is 0 Å². The number of amides is 1. The highest BCUT2D eigenvalue weighted by molar-refractivity contribution is 7.99. The van der Waals surface area contributed by atoms with Crippen molar-refractivity contribution < 1.29 is 4.79 Å². The highest BCUT2D eigenvalue weighted by Crippen LogP contribution is 2.26. The molecule has 1 aromatic rings. The molecule has 2 N–H and O–H groups in total. The van der Waals surface area contributed by atoms with Crippen LogP contribution in [0, 0.1) is 6.92 Å². The van der Waals surface area contributed by atoms with Crippen molar-refractivity contribution in [2.45, 2.75) is 43.9 Å². The summed E-state index contributed by atoms with van der Waals surface area (Å²) in [5.41, 5.74) is 2.01. The lowest BCUT2D eigenvalue weighted by Crippen LogP contribution is -2.39. The van der Waals surface area contributed by atoms with Crippen molar-refractivity contribution >= 4 is 23.4 Å². The Bertz CT molecular complexity index is 450. The van der Waals surface area contributed by atoms with Crippen molar-refractivity contribution in [3.63, 3.8) is 0 Å². The summed E-state index contributed by atoms with van der Waals surface area (Å²) in [7, 11) is 0. The summed E-state index contributed by atoms with van der Waals surface area (Å²) in [4.78, 5) is 12.0. The minimum absolute atomic E-state index is 0.0468. The lowest BCUT2D eigenvalue weighted by molar-refractivity contribution is -0.115. The molecule has 1 saturated carbocycles. The molecule has 2 atom stereocenters. The van der Waals surface area contributed by atoms with E-state index >= 15 is 0 Å². The van der Waals surface area contributed by atoms with Crippen molar-refractivity contribution in [2.24, 2.45) is 0 Å². The van der Waals surface area contributed by atoms with Crippen LogP contribution in [-0.4, -0.2) is 30.0 Å². The monoisotopic (exact) mass is 292 g/mol. The summed E-state index contributed by atoms with van der Waals surface area (Å²) in [5, 5.41) is 7.12. The third-order valence-electron chi connectivity index (χ3n) is 3.93. The number of benzene rings is 1.